The Morgan fingerprint density at radius 3 is 2.54 bits per heavy atom. The molecular weight excluding hydrogens is 623 g/mol. The van der Waals surface area contributed by atoms with Crippen LogP contribution in [-0.4, -0.2) is 81.4 Å². The molecule has 2 aliphatic rings. The number of para-hydroxylation sites is 1. The van der Waals surface area contributed by atoms with Crippen molar-refractivity contribution in [3.05, 3.63) is 78.5 Å². The molecule has 1 unspecified atom stereocenters. The fourth-order valence-electron chi connectivity index (χ4n) is 5.87. The molecule has 0 spiro atoms. The van der Waals surface area contributed by atoms with Crippen LogP contribution in [0.2, 0.25) is 0 Å². The van der Waals surface area contributed by atoms with Gasteiger partial charge >= 0.3 is 6.36 Å². The van der Waals surface area contributed by atoms with E-state index in [0.29, 0.717) is 43.2 Å². The molecule has 14 heteroatoms. The maximum atomic E-state index is 13.8. The van der Waals surface area contributed by atoms with Crippen LogP contribution < -0.4 is 15.2 Å². The fraction of sp³-hybridized carbons (Fsp3) is 0.312. The number of alkyl halides is 3. The number of nitrogens with zero attached hydrogens (tertiary/aromatic N) is 3. The van der Waals surface area contributed by atoms with Gasteiger partial charge in [0.05, 0.1) is 22.7 Å². The third-order valence-electron chi connectivity index (χ3n) is 8.11. The van der Waals surface area contributed by atoms with Gasteiger partial charge in [0.2, 0.25) is 0 Å². The second-order valence-corrected chi connectivity index (χ2v) is 13.0. The third-order valence-corrected chi connectivity index (χ3v) is 9.54. The molecule has 0 aliphatic carbocycles. The van der Waals surface area contributed by atoms with Crippen LogP contribution in [0.15, 0.2) is 77.8 Å². The summed E-state index contributed by atoms with van der Waals surface area (Å²) in [7, 11) is -4.52. The monoisotopic (exact) mass is 655 g/mol. The largest absolute Gasteiger partial charge is 0.573 e. The summed E-state index contributed by atoms with van der Waals surface area (Å²) in [6.45, 7) is 4.40. The minimum absolute atomic E-state index is 0.0603. The predicted molar refractivity (Wildman–Crippen MR) is 167 cm³/mol. The number of sulfonamides is 1. The van der Waals surface area contributed by atoms with Gasteiger partial charge in [-0.2, -0.15) is 0 Å². The number of benzene rings is 3. The fourth-order valence-corrected chi connectivity index (χ4v) is 7.14. The molecule has 4 aromatic rings. The van der Waals surface area contributed by atoms with Crippen LogP contribution in [-0.2, 0) is 14.8 Å². The first-order valence-electron chi connectivity index (χ1n) is 14.7. The summed E-state index contributed by atoms with van der Waals surface area (Å²) in [5.41, 5.74) is 6.95. The lowest BCUT2D eigenvalue weighted by Gasteiger charge is -2.35. The summed E-state index contributed by atoms with van der Waals surface area (Å²) < 4.78 is 80.0. The molecule has 10 nitrogen and oxygen atoms in total. The van der Waals surface area contributed by atoms with Crippen molar-refractivity contribution in [2.75, 3.05) is 56.4 Å². The number of amides is 1. The second-order valence-electron chi connectivity index (χ2n) is 11.3. The quantitative estimate of drug-likeness (QED) is 0.255. The molecule has 2 aliphatic heterocycles. The molecule has 3 heterocycles. The Hall–Kier alpha value is -4.40. The number of halogens is 3. The molecule has 1 atom stereocenters. The number of anilines is 2. The van der Waals surface area contributed by atoms with E-state index in [4.69, 9.17) is 10.5 Å². The van der Waals surface area contributed by atoms with E-state index in [1.165, 1.54) is 24.3 Å². The van der Waals surface area contributed by atoms with Gasteiger partial charge in [0.25, 0.3) is 15.9 Å². The number of pyridine rings is 1. The number of hydrogen-bond donors (Lipinski definition) is 2. The molecule has 46 heavy (non-hydrogen) atoms. The van der Waals surface area contributed by atoms with Crippen LogP contribution >= 0.6 is 0 Å². The maximum Gasteiger partial charge on any atom is 0.573 e. The Bertz CT molecular complexity index is 1850. The molecule has 0 radical (unpaired) electrons. The number of nitrogens with one attached hydrogen (secondary N) is 1. The highest BCUT2D eigenvalue weighted by atomic mass is 32.2. The Morgan fingerprint density at radius 1 is 1.02 bits per heavy atom. The summed E-state index contributed by atoms with van der Waals surface area (Å²) in [6.07, 6.45) is -2.59. The van der Waals surface area contributed by atoms with Crippen molar-refractivity contribution < 1.29 is 35.9 Å². The summed E-state index contributed by atoms with van der Waals surface area (Å²) in [5, 5.41) is 0.754. The molecule has 0 saturated carbocycles. The zero-order chi connectivity index (χ0) is 32.5. The first-order chi connectivity index (χ1) is 22.0. The number of ether oxygens (including phenoxy) is 2. The highest BCUT2D eigenvalue weighted by Crippen LogP contribution is 2.37. The van der Waals surface area contributed by atoms with Gasteiger partial charge in [-0.15, -0.1) is 13.2 Å². The van der Waals surface area contributed by atoms with E-state index in [9.17, 15) is 26.4 Å². The number of rotatable bonds is 8. The average Bonchev–Trinajstić information content (AvgIpc) is 3.54. The number of fused-ring (bicyclic) bond motifs is 1. The Morgan fingerprint density at radius 2 is 1.80 bits per heavy atom. The van der Waals surface area contributed by atoms with Crippen LogP contribution in [0.5, 0.6) is 5.75 Å². The SMILES string of the molecule is Nc1ccc(S(=O)(=O)Nc2ccc(C(=O)N3CCN(CC4CCOC4)CC3)cc2OC(F)(F)F)c(-c2cccc3cccnc23)c1. The summed E-state index contributed by atoms with van der Waals surface area (Å²) in [4.78, 5) is 21.3. The van der Waals surface area contributed by atoms with E-state index in [1.807, 2.05) is 12.1 Å². The van der Waals surface area contributed by atoms with E-state index in [-0.39, 0.29) is 21.7 Å². The van der Waals surface area contributed by atoms with Gasteiger partial charge in [0.15, 0.2) is 5.75 Å². The number of piperazine rings is 1. The highest BCUT2D eigenvalue weighted by Gasteiger charge is 2.34. The average molecular weight is 656 g/mol. The zero-order valence-electron chi connectivity index (χ0n) is 24.7. The lowest BCUT2D eigenvalue weighted by molar-refractivity contribution is -0.274. The van der Waals surface area contributed by atoms with Gasteiger partial charge in [-0.1, -0.05) is 24.3 Å². The maximum absolute atomic E-state index is 13.8. The van der Waals surface area contributed by atoms with Crippen molar-refractivity contribution in [3.63, 3.8) is 0 Å². The predicted octanol–water partition coefficient (Wildman–Crippen LogP) is 4.98. The van der Waals surface area contributed by atoms with Crippen LogP contribution in [0.1, 0.15) is 16.8 Å². The van der Waals surface area contributed by atoms with Crippen LogP contribution in [0.25, 0.3) is 22.0 Å². The summed E-state index contributed by atoms with van der Waals surface area (Å²) in [6, 6.07) is 16.2. The molecule has 2 fully saturated rings. The normalized spacial score (nSPS) is 17.7. The number of nitrogens with two attached hydrogens (primary N) is 1. The van der Waals surface area contributed by atoms with E-state index in [2.05, 4.69) is 19.3 Å². The molecule has 1 amide bonds. The molecular formula is C32H32F3N5O5S. The van der Waals surface area contributed by atoms with Crippen molar-refractivity contribution in [2.45, 2.75) is 17.7 Å². The van der Waals surface area contributed by atoms with Crippen molar-refractivity contribution >= 4 is 38.2 Å². The van der Waals surface area contributed by atoms with E-state index in [0.717, 1.165) is 43.7 Å². The first kappa shape index (κ1) is 31.6. The van der Waals surface area contributed by atoms with E-state index < -0.39 is 33.7 Å². The molecule has 2 saturated heterocycles. The second kappa shape index (κ2) is 12.8. The van der Waals surface area contributed by atoms with Crippen LogP contribution in [0, 0.1) is 5.92 Å². The third kappa shape index (κ3) is 7.03. The van der Waals surface area contributed by atoms with E-state index >= 15 is 0 Å². The standard InChI is InChI=1S/C32H32F3N5O5S/c33-32(34,35)45-28-17-23(31(41)40-14-12-39(13-15-40)19-21-10-16-44-20-21)6-8-27(28)38-46(42,43)29-9-7-24(36)18-26(29)25-5-1-3-22-4-2-11-37-30(22)25/h1-9,11,17-18,21,38H,10,12-16,19-20,36H2. The zero-order valence-corrected chi connectivity index (χ0v) is 25.5. The number of aromatic nitrogens is 1. The van der Waals surface area contributed by atoms with Crippen molar-refractivity contribution in [1.29, 1.82) is 0 Å². The molecule has 3 N–H and O–H groups in total. The van der Waals surface area contributed by atoms with Crippen molar-refractivity contribution in [3.8, 4) is 16.9 Å². The van der Waals surface area contributed by atoms with Crippen molar-refractivity contribution in [2.24, 2.45) is 5.92 Å². The van der Waals surface area contributed by atoms with Crippen molar-refractivity contribution in [1.82, 2.24) is 14.8 Å². The molecule has 3 aromatic carbocycles. The van der Waals surface area contributed by atoms with Gasteiger partial charge in [-0.25, -0.2) is 8.42 Å². The minimum atomic E-state index is -5.15. The molecule has 6 rings (SSSR count). The summed E-state index contributed by atoms with van der Waals surface area (Å²) in [5.74, 6) is -0.881. The van der Waals surface area contributed by atoms with Gasteiger partial charge < -0.3 is 20.1 Å². The topological polar surface area (TPSA) is 127 Å². The molecule has 0 bridgehead atoms. The molecule has 242 valence electrons. The molecule has 1 aromatic heterocycles. The lowest BCUT2D eigenvalue weighted by atomic mass is 10.0. The van der Waals surface area contributed by atoms with Gasteiger partial charge in [0.1, 0.15) is 0 Å². The smallest absolute Gasteiger partial charge is 0.404 e. The first-order valence-corrected chi connectivity index (χ1v) is 16.2. The minimum Gasteiger partial charge on any atom is -0.404 e. The summed E-state index contributed by atoms with van der Waals surface area (Å²) >= 11 is 0. The van der Waals surface area contributed by atoms with Gasteiger partial charge in [0, 0.05) is 73.3 Å². The van der Waals surface area contributed by atoms with Crippen LogP contribution in [0.4, 0.5) is 24.5 Å². The number of carbonyl (C=O) groups is 1. The Kier molecular flexibility index (Phi) is 8.77. The number of nitrogen functional groups attached to an aromatic ring is 1. The Labute approximate surface area is 264 Å². The Balaban J connectivity index is 1.27. The highest BCUT2D eigenvalue weighted by molar-refractivity contribution is 7.92. The van der Waals surface area contributed by atoms with Crippen LogP contribution in [0.3, 0.4) is 0 Å². The number of hydrogen-bond acceptors (Lipinski definition) is 8. The van der Waals surface area contributed by atoms with Gasteiger partial charge in [-0.05, 0) is 54.8 Å². The lowest BCUT2D eigenvalue weighted by Crippen LogP contribution is -2.49. The van der Waals surface area contributed by atoms with E-state index in [1.54, 1.807) is 29.3 Å². The number of carbonyl (C=O) groups excluding carboxylic acids is 1. The van der Waals surface area contributed by atoms with Gasteiger partial charge in [-0.3, -0.25) is 19.4 Å².